The quantitative estimate of drug-likeness (QED) is 0.841. The molecule has 2 N–H and O–H groups in total. The molecule has 1 aliphatic heterocycles. The van der Waals surface area contributed by atoms with E-state index in [2.05, 4.69) is 17.0 Å². The number of nitrogens with zero attached hydrogens (tertiary/aromatic N) is 1. The second-order valence-electron chi connectivity index (χ2n) is 4.93. The second-order valence-corrected chi connectivity index (χ2v) is 6.61. The van der Waals surface area contributed by atoms with Crippen LogP contribution < -0.4 is 14.3 Å². The molecule has 0 aliphatic carbocycles. The van der Waals surface area contributed by atoms with Gasteiger partial charge in [-0.2, -0.15) is 13.1 Å². The lowest BCUT2D eigenvalue weighted by molar-refractivity contribution is 0.487. The van der Waals surface area contributed by atoms with Crippen molar-refractivity contribution in [1.82, 2.24) is 10.0 Å². The Morgan fingerprint density at radius 3 is 2.75 bits per heavy atom. The molecule has 1 atom stereocenters. The molecule has 1 aliphatic rings. The molecule has 0 bridgehead atoms. The lowest BCUT2D eigenvalue weighted by Gasteiger charge is -2.35. The molecule has 0 saturated heterocycles. The van der Waals surface area contributed by atoms with Crippen LogP contribution in [0.4, 0.5) is 5.69 Å². The summed E-state index contributed by atoms with van der Waals surface area (Å²) in [6.07, 6.45) is 1.86. The maximum Gasteiger partial charge on any atom is 0.301 e. The van der Waals surface area contributed by atoms with Gasteiger partial charge >= 0.3 is 10.2 Å². The summed E-state index contributed by atoms with van der Waals surface area (Å²) < 4.78 is 28.6. The van der Waals surface area contributed by atoms with Crippen LogP contribution in [0.5, 0.6) is 0 Å². The predicted octanol–water partition coefficient (Wildman–Crippen LogP) is 1.79. The van der Waals surface area contributed by atoms with Crippen LogP contribution in [-0.2, 0) is 10.2 Å². The fourth-order valence-electron chi connectivity index (χ4n) is 2.57. The van der Waals surface area contributed by atoms with Gasteiger partial charge in [0, 0.05) is 19.1 Å². The normalized spacial score (nSPS) is 18.9. The Morgan fingerprint density at radius 2 is 2.05 bits per heavy atom. The fraction of sp³-hybridized carbons (Fsp3) is 0.571. The molecule has 1 aromatic carbocycles. The molecule has 0 saturated carbocycles. The molecular formula is C14H23N3O2S. The lowest BCUT2D eigenvalue weighted by Crippen LogP contribution is -2.45. The summed E-state index contributed by atoms with van der Waals surface area (Å²) in [5, 5.41) is 3.49. The summed E-state index contributed by atoms with van der Waals surface area (Å²) in [5.74, 6) is 0. The maximum absolute atomic E-state index is 12.3. The minimum absolute atomic E-state index is 0.235. The third-order valence-electron chi connectivity index (χ3n) is 3.46. The smallest absolute Gasteiger partial charge is 0.301 e. The van der Waals surface area contributed by atoms with Crippen molar-refractivity contribution >= 4 is 15.9 Å². The van der Waals surface area contributed by atoms with Crippen molar-refractivity contribution in [3.05, 3.63) is 29.8 Å². The van der Waals surface area contributed by atoms with Crippen LogP contribution in [-0.4, -0.2) is 28.1 Å². The van der Waals surface area contributed by atoms with Gasteiger partial charge in [0.05, 0.1) is 5.69 Å². The number of benzene rings is 1. The van der Waals surface area contributed by atoms with Gasteiger partial charge in [-0.05, 0) is 31.0 Å². The predicted molar refractivity (Wildman–Crippen MR) is 82.0 cm³/mol. The summed E-state index contributed by atoms with van der Waals surface area (Å²) >= 11 is 0. The molecule has 1 unspecified atom stereocenters. The van der Waals surface area contributed by atoms with Gasteiger partial charge in [0.2, 0.25) is 0 Å². The summed E-state index contributed by atoms with van der Waals surface area (Å²) in [5.41, 5.74) is 1.85. The zero-order valence-electron chi connectivity index (χ0n) is 12.1. The first-order valence-corrected chi connectivity index (χ1v) is 8.63. The van der Waals surface area contributed by atoms with Gasteiger partial charge in [0.15, 0.2) is 0 Å². The van der Waals surface area contributed by atoms with Crippen LogP contribution in [0.2, 0.25) is 0 Å². The Labute approximate surface area is 121 Å². The number of anilines is 1. The highest BCUT2D eigenvalue weighted by atomic mass is 32.2. The molecule has 0 amide bonds. The molecule has 6 heteroatoms. The van der Waals surface area contributed by atoms with Crippen LogP contribution in [0.15, 0.2) is 24.3 Å². The van der Waals surface area contributed by atoms with Crippen molar-refractivity contribution in [3.63, 3.8) is 0 Å². The first-order valence-electron chi connectivity index (χ1n) is 7.19. The van der Waals surface area contributed by atoms with E-state index >= 15 is 0 Å². The number of hydrogen-bond donors (Lipinski definition) is 2. The highest BCUT2D eigenvalue weighted by Crippen LogP contribution is 2.34. The molecule has 0 radical (unpaired) electrons. The Bertz CT molecular complexity index is 545. The topological polar surface area (TPSA) is 61.4 Å². The van der Waals surface area contributed by atoms with Crippen LogP contribution in [0.3, 0.4) is 0 Å². The van der Waals surface area contributed by atoms with Crippen molar-refractivity contribution in [1.29, 1.82) is 0 Å². The third-order valence-corrected chi connectivity index (χ3v) is 5.07. The zero-order valence-corrected chi connectivity index (χ0v) is 12.9. The van der Waals surface area contributed by atoms with Crippen molar-refractivity contribution < 1.29 is 8.42 Å². The number of nitrogens with one attached hydrogen (secondary N) is 2. The van der Waals surface area contributed by atoms with E-state index in [0.29, 0.717) is 13.1 Å². The Hall–Kier alpha value is -1.11. The van der Waals surface area contributed by atoms with E-state index in [9.17, 15) is 8.42 Å². The Balaban J connectivity index is 2.31. The first-order chi connectivity index (χ1) is 9.60. The van der Waals surface area contributed by atoms with E-state index in [1.807, 2.05) is 24.3 Å². The summed E-state index contributed by atoms with van der Waals surface area (Å²) in [4.78, 5) is 0. The van der Waals surface area contributed by atoms with E-state index in [-0.39, 0.29) is 6.04 Å². The maximum atomic E-state index is 12.3. The molecule has 2 rings (SSSR count). The molecule has 0 aromatic heterocycles. The van der Waals surface area contributed by atoms with Crippen LogP contribution >= 0.6 is 0 Å². The molecule has 1 heterocycles. The standard InChI is InChI=1S/C14H23N3O2S/c1-3-10-15-13-9-11-17(20(18,19)16-4-2)14-8-6-5-7-12(13)14/h5-8,13,15-16H,3-4,9-11H2,1-2H3. The third kappa shape index (κ3) is 3.13. The average Bonchev–Trinajstić information content (AvgIpc) is 2.44. The minimum atomic E-state index is -3.44. The highest BCUT2D eigenvalue weighted by Gasteiger charge is 2.30. The number of hydrogen-bond acceptors (Lipinski definition) is 3. The van der Waals surface area contributed by atoms with Crippen molar-refractivity contribution in [3.8, 4) is 0 Å². The fourth-order valence-corrected chi connectivity index (χ4v) is 3.86. The van der Waals surface area contributed by atoms with E-state index in [4.69, 9.17) is 0 Å². The largest absolute Gasteiger partial charge is 0.310 e. The highest BCUT2D eigenvalue weighted by molar-refractivity contribution is 7.90. The monoisotopic (exact) mass is 297 g/mol. The van der Waals surface area contributed by atoms with E-state index < -0.39 is 10.2 Å². The van der Waals surface area contributed by atoms with Crippen molar-refractivity contribution in [2.45, 2.75) is 32.7 Å². The number of fused-ring (bicyclic) bond motifs is 1. The van der Waals surface area contributed by atoms with Crippen LogP contribution in [0.25, 0.3) is 0 Å². The van der Waals surface area contributed by atoms with Crippen molar-refractivity contribution in [2.24, 2.45) is 0 Å². The summed E-state index contributed by atoms with van der Waals surface area (Å²) in [7, 11) is -3.44. The molecular weight excluding hydrogens is 274 g/mol. The van der Waals surface area contributed by atoms with Crippen molar-refractivity contribution in [2.75, 3.05) is 23.9 Å². The van der Waals surface area contributed by atoms with Gasteiger partial charge in [-0.25, -0.2) is 0 Å². The average molecular weight is 297 g/mol. The molecule has 0 spiro atoms. The van der Waals surface area contributed by atoms with Gasteiger partial charge in [0.25, 0.3) is 0 Å². The van der Waals surface area contributed by atoms with Gasteiger partial charge in [0.1, 0.15) is 0 Å². The second kappa shape index (κ2) is 6.56. The minimum Gasteiger partial charge on any atom is -0.310 e. The van der Waals surface area contributed by atoms with E-state index in [1.165, 1.54) is 4.31 Å². The van der Waals surface area contributed by atoms with Gasteiger partial charge in [-0.15, -0.1) is 0 Å². The molecule has 20 heavy (non-hydrogen) atoms. The molecule has 1 aromatic rings. The Kier molecular flexibility index (Phi) is 5.01. The first kappa shape index (κ1) is 15.3. The number of para-hydroxylation sites is 1. The van der Waals surface area contributed by atoms with Gasteiger partial charge < -0.3 is 5.32 Å². The SMILES string of the molecule is CCCNC1CCN(S(=O)(=O)NCC)c2ccccc21. The van der Waals surface area contributed by atoms with Crippen LogP contribution in [0.1, 0.15) is 38.3 Å². The molecule has 0 fully saturated rings. The van der Waals surface area contributed by atoms with E-state index in [1.54, 1.807) is 6.92 Å². The lowest BCUT2D eigenvalue weighted by atomic mass is 9.98. The number of rotatable bonds is 6. The van der Waals surface area contributed by atoms with Crippen LogP contribution in [0, 0.1) is 0 Å². The summed E-state index contributed by atoms with van der Waals surface area (Å²) in [6, 6.07) is 7.97. The molecule has 5 nitrogen and oxygen atoms in total. The van der Waals surface area contributed by atoms with E-state index in [0.717, 1.165) is 30.6 Å². The van der Waals surface area contributed by atoms with Gasteiger partial charge in [-0.3, -0.25) is 4.31 Å². The molecule has 112 valence electrons. The zero-order chi connectivity index (χ0) is 14.6. The summed E-state index contributed by atoms with van der Waals surface area (Å²) in [6.45, 7) is 5.77. The van der Waals surface area contributed by atoms with Gasteiger partial charge in [-0.1, -0.05) is 32.0 Å². The Morgan fingerprint density at radius 1 is 1.30 bits per heavy atom.